The van der Waals surface area contributed by atoms with Gasteiger partial charge in [0.05, 0.1) is 51.9 Å². The van der Waals surface area contributed by atoms with Crippen molar-refractivity contribution in [1.29, 1.82) is 0 Å². The number of aliphatic hydroxyl groups excluding tert-OH is 1. The molecule has 36 heavy (non-hydrogen) atoms. The Bertz CT molecular complexity index is 1480. The van der Waals surface area contributed by atoms with Crippen LogP contribution in [0.3, 0.4) is 0 Å². The van der Waals surface area contributed by atoms with Crippen LogP contribution in [0.25, 0.3) is 11.0 Å². The molecule has 0 aliphatic heterocycles. The minimum Gasteiger partial charge on any atom is -0.496 e. The molecule has 192 valence electrons. The third kappa shape index (κ3) is 5.28. The van der Waals surface area contributed by atoms with Gasteiger partial charge in [0.2, 0.25) is 5.16 Å². The van der Waals surface area contributed by atoms with E-state index in [1.165, 1.54) is 12.1 Å². The van der Waals surface area contributed by atoms with Gasteiger partial charge >= 0.3 is 0 Å². The van der Waals surface area contributed by atoms with E-state index in [1.807, 2.05) is 20.8 Å². The number of ether oxygens (including phenoxy) is 2. The molecule has 11 heteroatoms. The number of benzene rings is 2. The normalized spacial score (nSPS) is 12.1. The minimum atomic E-state index is -4.09. The van der Waals surface area contributed by atoms with E-state index < -0.39 is 20.8 Å². The maximum Gasteiger partial charge on any atom is 0.270 e. The summed E-state index contributed by atoms with van der Waals surface area (Å²) in [6.07, 6.45) is 1.65. The fourth-order valence-corrected chi connectivity index (χ4v) is 6.79. The SMILES string of the molecule is CCOc1ccc(S(=O)(=O)n2c(S(=O)Cc3ncc(C)c(OC)c3C)nc3ccccc32)cc1.CO. The van der Waals surface area contributed by atoms with E-state index in [9.17, 15) is 12.6 Å². The van der Waals surface area contributed by atoms with Gasteiger partial charge < -0.3 is 14.6 Å². The van der Waals surface area contributed by atoms with Crippen molar-refractivity contribution in [2.75, 3.05) is 20.8 Å². The summed E-state index contributed by atoms with van der Waals surface area (Å²) >= 11 is 0. The first-order valence-electron chi connectivity index (χ1n) is 11.1. The van der Waals surface area contributed by atoms with Crippen LogP contribution in [-0.4, -0.2) is 52.5 Å². The lowest BCUT2D eigenvalue weighted by molar-refractivity contribution is 0.340. The van der Waals surface area contributed by atoms with Gasteiger partial charge in [0.15, 0.2) is 0 Å². The second-order valence-electron chi connectivity index (χ2n) is 7.59. The highest BCUT2D eigenvalue weighted by Gasteiger charge is 2.28. The maximum absolute atomic E-state index is 13.7. The number of hydrogen-bond acceptors (Lipinski definition) is 8. The molecule has 2 heterocycles. The molecule has 0 bridgehead atoms. The molecule has 9 nitrogen and oxygen atoms in total. The van der Waals surface area contributed by atoms with Gasteiger partial charge in [0.25, 0.3) is 10.0 Å². The molecule has 0 amide bonds. The average Bonchev–Trinajstić information content (AvgIpc) is 3.29. The predicted octanol–water partition coefficient (Wildman–Crippen LogP) is 3.61. The number of fused-ring (bicyclic) bond motifs is 1. The first kappa shape index (κ1) is 27.3. The van der Waals surface area contributed by atoms with Crippen LogP contribution in [-0.2, 0) is 26.6 Å². The van der Waals surface area contributed by atoms with Crippen molar-refractivity contribution in [3.05, 3.63) is 71.5 Å². The van der Waals surface area contributed by atoms with Crippen LogP contribution in [0.5, 0.6) is 11.5 Å². The lowest BCUT2D eigenvalue weighted by Gasteiger charge is -2.13. The van der Waals surface area contributed by atoms with E-state index >= 15 is 0 Å². The molecule has 0 aliphatic carbocycles. The number of pyridine rings is 1. The number of para-hydroxylation sites is 2. The van der Waals surface area contributed by atoms with E-state index in [1.54, 1.807) is 49.7 Å². The van der Waals surface area contributed by atoms with Crippen molar-refractivity contribution in [2.24, 2.45) is 0 Å². The summed E-state index contributed by atoms with van der Waals surface area (Å²) in [6.45, 7) is 6.04. The Hall–Kier alpha value is -3.28. The van der Waals surface area contributed by atoms with E-state index in [4.69, 9.17) is 14.6 Å². The van der Waals surface area contributed by atoms with Crippen molar-refractivity contribution in [3.8, 4) is 11.5 Å². The third-order valence-electron chi connectivity index (χ3n) is 5.38. The lowest BCUT2D eigenvalue weighted by atomic mass is 10.1. The number of aliphatic hydroxyl groups is 1. The monoisotopic (exact) mass is 531 g/mol. The van der Waals surface area contributed by atoms with E-state index in [2.05, 4.69) is 9.97 Å². The third-order valence-corrected chi connectivity index (χ3v) is 8.44. The van der Waals surface area contributed by atoms with Crippen molar-refractivity contribution in [2.45, 2.75) is 36.6 Å². The Kier molecular flexibility index (Phi) is 8.83. The molecule has 0 radical (unpaired) electrons. The summed E-state index contributed by atoms with van der Waals surface area (Å²) in [5.41, 5.74) is 2.96. The number of methoxy groups -OCH3 is 1. The van der Waals surface area contributed by atoms with Crippen LogP contribution in [0.4, 0.5) is 0 Å². The number of hydrogen-bond donors (Lipinski definition) is 1. The number of aryl methyl sites for hydroxylation is 1. The molecule has 0 fully saturated rings. The molecule has 0 saturated heterocycles. The zero-order valence-corrected chi connectivity index (χ0v) is 22.4. The fraction of sp³-hybridized carbons (Fsp3) is 0.280. The van der Waals surface area contributed by atoms with E-state index in [-0.39, 0.29) is 15.8 Å². The van der Waals surface area contributed by atoms with Gasteiger partial charge in [-0.15, -0.1) is 0 Å². The Morgan fingerprint density at radius 1 is 1.06 bits per heavy atom. The van der Waals surface area contributed by atoms with Gasteiger partial charge in [0.1, 0.15) is 11.5 Å². The highest BCUT2D eigenvalue weighted by molar-refractivity contribution is 7.91. The van der Waals surface area contributed by atoms with Crippen LogP contribution >= 0.6 is 0 Å². The number of aromatic nitrogens is 3. The Labute approximate surface area is 213 Å². The number of rotatable bonds is 8. The van der Waals surface area contributed by atoms with Crippen molar-refractivity contribution in [3.63, 3.8) is 0 Å². The van der Waals surface area contributed by atoms with Crippen LogP contribution in [0.15, 0.2) is 64.8 Å². The Balaban J connectivity index is 0.00000176. The molecule has 4 rings (SSSR count). The standard InChI is InChI=1S/C24H25N3O5S2.CH4O/c1-5-32-18-10-12-19(13-11-18)34(29,30)27-22-9-7-6-8-20(22)26-24(27)33(28)15-21-17(3)23(31-4)16(2)14-25-21;1-2/h6-14H,5,15H2,1-4H3;2H,1H3. The molecule has 1 unspecified atom stereocenters. The molecular formula is C25H29N3O6S2. The molecule has 1 atom stereocenters. The van der Waals surface area contributed by atoms with Gasteiger partial charge in [0, 0.05) is 24.4 Å². The molecule has 0 saturated carbocycles. The van der Waals surface area contributed by atoms with Crippen LogP contribution < -0.4 is 9.47 Å². The molecular weight excluding hydrogens is 502 g/mol. The summed E-state index contributed by atoms with van der Waals surface area (Å²) in [5.74, 6) is 1.22. The molecule has 2 aromatic carbocycles. The topological polar surface area (TPSA) is 121 Å². The molecule has 0 spiro atoms. The molecule has 1 N–H and O–H groups in total. The zero-order chi connectivity index (χ0) is 26.5. The predicted molar refractivity (Wildman–Crippen MR) is 138 cm³/mol. The first-order valence-corrected chi connectivity index (χ1v) is 13.8. The smallest absolute Gasteiger partial charge is 0.270 e. The summed E-state index contributed by atoms with van der Waals surface area (Å²) in [4.78, 5) is 8.89. The molecule has 2 aromatic heterocycles. The van der Waals surface area contributed by atoms with Crippen LogP contribution in [0.2, 0.25) is 0 Å². The van der Waals surface area contributed by atoms with Crippen LogP contribution in [0.1, 0.15) is 23.7 Å². The van der Waals surface area contributed by atoms with Crippen molar-refractivity contribution < 1.29 is 27.2 Å². The van der Waals surface area contributed by atoms with E-state index in [0.29, 0.717) is 34.8 Å². The second kappa shape index (κ2) is 11.6. The summed E-state index contributed by atoms with van der Waals surface area (Å²) in [5, 5.41) is 6.94. The van der Waals surface area contributed by atoms with Gasteiger partial charge in [-0.2, -0.15) is 0 Å². The van der Waals surface area contributed by atoms with Gasteiger partial charge in [-0.3, -0.25) is 9.19 Å². The quantitative estimate of drug-likeness (QED) is 0.366. The molecule has 4 aromatic rings. The number of nitrogens with zero attached hydrogens (tertiary/aromatic N) is 3. The largest absolute Gasteiger partial charge is 0.496 e. The number of imidazole rings is 1. The average molecular weight is 532 g/mol. The summed E-state index contributed by atoms with van der Waals surface area (Å²) in [6, 6.07) is 12.9. The maximum atomic E-state index is 13.7. The Morgan fingerprint density at radius 3 is 2.36 bits per heavy atom. The molecule has 0 aliphatic rings. The highest BCUT2D eigenvalue weighted by atomic mass is 32.2. The second-order valence-corrected chi connectivity index (χ2v) is 10.7. The van der Waals surface area contributed by atoms with Crippen LogP contribution in [0, 0.1) is 13.8 Å². The van der Waals surface area contributed by atoms with Gasteiger partial charge in [-0.05, 0) is 57.2 Å². The summed E-state index contributed by atoms with van der Waals surface area (Å²) in [7, 11) is -3.33. The highest BCUT2D eigenvalue weighted by Crippen LogP contribution is 2.29. The lowest BCUT2D eigenvalue weighted by Crippen LogP contribution is -2.18. The summed E-state index contributed by atoms with van der Waals surface area (Å²) < 4.78 is 52.8. The zero-order valence-electron chi connectivity index (χ0n) is 20.8. The van der Waals surface area contributed by atoms with Crippen molar-refractivity contribution >= 4 is 31.9 Å². The Morgan fingerprint density at radius 2 is 1.72 bits per heavy atom. The van der Waals surface area contributed by atoms with Gasteiger partial charge in [-0.25, -0.2) is 17.4 Å². The van der Waals surface area contributed by atoms with E-state index in [0.717, 1.165) is 22.2 Å². The fourth-order valence-electron chi connectivity index (χ4n) is 3.74. The van der Waals surface area contributed by atoms with Crippen molar-refractivity contribution in [1.82, 2.24) is 13.9 Å². The first-order chi connectivity index (χ1) is 17.3. The minimum absolute atomic E-state index is 0.00933. The van der Waals surface area contributed by atoms with Gasteiger partial charge in [-0.1, -0.05) is 12.1 Å².